The fourth-order valence-electron chi connectivity index (χ4n) is 2.17. The van der Waals surface area contributed by atoms with Gasteiger partial charge in [-0.15, -0.1) is 0 Å². The van der Waals surface area contributed by atoms with Gasteiger partial charge in [0.15, 0.2) is 0 Å². The molecule has 1 unspecified atom stereocenters. The minimum absolute atomic E-state index is 0.00560. The summed E-state index contributed by atoms with van der Waals surface area (Å²) in [6.07, 6.45) is 1.89. The van der Waals surface area contributed by atoms with Gasteiger partial charge in [-0.25, -0.2) is 0 Å². The lowest BCUT2D eigenvalue weighted by Gasteiger charge is -2.15. The summed E-state index contributed by atoms with van der Waals surface area (Å²) in [6.45, 7) is 6.68. The Morgan fingerprint density at radius 1 is 1.33 bits per heavy atom. The van der Waals surface area contributed by atoms with Gasteiger partial charge in [-0.05, 0) is 38.0 Å². The quantitative estimate of drug-likeness (QED) is 0.883. The van der Waals surface area contributed by atoms with Crippen molar-refractivity contribution < 1.29 is 4.42 Å². The summed E-state index contributed by atoms with van der Waals surface area (Å²) < 4.78 is 7.70. The van der Waals surface area contributed by atoms with E-state index in [-0.39, 0.29) is 6.04 Å². The highest BCUT2D eigenvalue weighted by Crippen LogP contribution is 2.22. The van der Waals surface area contributed by atoms with Crippen LogP contribution >= 0.6 is 0 Å². The fraction of sp³-hybridized carbons (Fsp3) is 0.500. The van der Waals surface area contributed by atoms with Gasteiger partial charge in [0, 0.05) is 12.2 Å². The van der Waals surface area contributed by atoms with Gasteiger partial charge >= 0.3 is 0 Å². The Balaban J connectivity index is 2.40. The molecule has 2 rings (SSSR count). The van der Waals surface area contributed by atoms with E-state index in [9.17, 15) is 0 Å². The third-order valence-corrected chi connectivity index (χ3v) is 3.20. The first-order chi connectivity index (χ1) is 8.69. The van der Waals surface area contributed by atoms with Crippen molar-refractivity contribution in [2.75, 3.05) is 6.54 Å². The number of nitrogens with two attached hydrogens (primary N) is 1. The number of rotatable bonds is 5. The molecule has 0 aliphatic rings. The predicted octanol–water partition coefficient (Wildman–Crippen LogP) is 2.46. The summed E-state index contributed by atoms with van der Waals surface area (Å²) in [7, 11) is 0. The first-order valence-electron chi connectivity index (χ1n) is 6.53. The zero-order valence-electron chi connectivity index (χ0n) is 11.3. The molecule has 98 valence electrons. The van der Waals surface area contributed by atoms with Crippen LogP contribution in [0.15, 0.2) is 22.6 Å². The maximum Gasteiger partial charge on any atom is 0.130 e. The molecule has 2 N–H and O–H groups in total. The molecule has 0 saturated heterocycles. The molecule has 2 aromatic rings. The minimum atomic E-state index is -0.00560. The van der Waals surface area contributed by atoms with Crippen molar-refractivity contribution in [3.8, 4) is 0 Å². The Hall–Kier alpha value is -1.55. The van der Waals surface area contributed by atoms with E-state index in [2.05, 4.69) is 25.0 Å². The summed E-state index contributed by atoms with van der Waals surface area (Å²) in [5.41, 5.74) is 8.21. The smallest absolute Gasteiger partial charge is 0.130 e. The monoisotopic (exact) mass is 247 g/mol. The van der Waals surface area contributed by atoms with Crippen LogP contribution in [0.25, 0.3) is 0 Å². The van der Waals surface area contributed by atoms with Crippen molar-refractivity contribution in [2.45, 2.75) is 39.7 Å². The van der Waals surface area contributed by atoms with Crippen LogP contribution in [-0.4, -0.2) is 16.3 Å². The van der Waals surface area contributed by atoms with E-state index < -0.39 is 0 Å². The highest BCUT2D eigenvalue weighted by Gasteiger charge is 2.19. The van der Waals surface area contributed by atoms with E-state index in [1.807, 2.05) is 23.7 Å². The van der Waals surface area contributed by atoms with Crippen molar-refractivity contribution in [3.63, 3.8) is 0 Å². The molecule has 0 bridgehead atoms. The molecule has 0 spiro atoms. The number of furan rings is 1. The van der Waals surface area contributed by atoms with Crippen molar-refractivity contribution in [1.29, 1.82) is 0 Å². The first kappa shape index (κ1) is 12.9. The number of hydrogen-bond donors (Lipinski definition) is 1. The van der Waals surface area contributed by atoms with Gasteiger partial charge in [0.05, 0.1) is 5.69 Å². The molecule has 2 heterocycles. The summed E-state index contributed by atoms with van der Waals surface area (Å²) in [5, 5.41) is 4.63. The third-order valence-electron chi connectivity index (χ3n) is 3.20. The Morgan fingerprint density at radius 2 is 2.11 bits per heavy atom. The fourth-order valence-corrected chi connectivity index (χ4v) is 2.17. The molecular weight excluding hydrogens is 226 g/mol. The van der Waals surface area contributed by atoms with Crippen LogP contribution in [0.2, 0.25) is 0 Å². The lowest BCUT2D eigenvalue weighted by Crippen LogP contribution is -2.22. The van der Waals surface area contributed by atoms with Crippen LogP contribution in [-0.2, 0) is 12.8 Å². The molecule has 0 amide bonds. The summed E-state index contributed by atoms with van der Waals surface area (Å²) in [5.74, 6) is 1.79. The second-order valence-corrected chi connectivity index (χ2v) is 4.48. The zero-order chi connectivity index (χ0) is 13.1. The van der Waals surface area contributed by atoms with Crippen molar-refractivity contribution in [3.05, 3.63) is 41.1 Å². The van der Waals surface area contributed by atoms with E-state index in [0.717, 1.165) is 30.1 Å². The number of aromatic nitrogens is 2. The molecule has 0 aromatic carbocycles. The average Bonchev–Trinajstić information content (AvgIpc) is 2.97. The SMILES string of the molecule is CCc1cc(CC)n(C(CN)c2ccc(C)o2)n1. The van der Waals surface area contributed by atoms with Crippen LogP contribution < -0.4 is 5.73 Å². The van der Waals surface area contributed by atoms with E-state index >= 15 is 0 Å². The number of hydrogen-bond acceptors (Lipinski definition) is 3. The first-order valence-corrected chi connectivity index (χ1v) is 6.53. The van der Waals surface area contributed by atoms with Crippen molar-refractivity contribution >= 4 is 0 Å². The summed E-state index contributed by atoms with van der Waals surface area (Å²) in [6, 6.07) is 6.10. The maximum absolute atomic E-state index is 5.90. The third kappa shape index (κ3) is 2.34. The summed E-state index contributed by atoms with van der Waals surface area (Å²) >= 11 is 0. The van der Waals surface area contributed by atoms with Gasteiger partial charge in [0.25, 0.3) is 0 Å². The van der Waals surface area contributed by atoms with Crippen LogP contribution in [0.1, 0.15) is 42.8 Å². The summed E-state index contributed by atoms with van der Waals surface area (Å²) in [4.78, 5) is 0. The van der Waals surface area contributed by atoms with E-state index in [1.165, 1.54) is 5.69 Å². The van der Waals surface area contributed by atoms with Crippen LogP contribution in [0.4, 0.5) is 0 Å². The number of nitrogens with zero attached hydrogens (tertiary/aromatic N) is 2. The largest absolute Gasteiger partial charge is 0.464 e. The molecule has 0 aliphatic heterocycles. The predicted molar refractivity (Wildman–Crippen MR) is 71.6 cm³/mol. The van der Waals surface area contributed by atoms with Gasteiger partial charge in [-0.3, -0.25) is 4.68 Å². The van der Waals surface area contributed by atoms with Crippen molar-refractivity contribution in [2.24, 2.45) is 5.73 Å². The zero-order valence-corrected chi connectivity index (χ0v) is 11.3. The van der Waals surface area contributed by atoms with E-state index in [1.54, 1.807) is 0 Å². The van der Waals surface area contributed by atoms with Crippen molar-refractivity contribution in [1.82, 2.24) is 9.78 Å². The highest BCUT2D eigenvalue weighted by molar-refractivity contribution is 5.17. The molecule has 4 heteroatoms. The molecule has 0 aliphatic carbocycles. The molecular formula is C14H21N3O. The Bertz CT molecular complexity index is 513. The normalized spacial score (nSPS) is 12.9. The molecule has 0 saturated carbocycles. The van der Waals surface area contributed by atoms with Crippen LogP contribution in [0.5, 0.6) is 0 Å². The molecule has 18 heavy (non-hydrogen) atoms. The van der Waals surface area contributed by atoms with Gasteiger partial charge in [-0.1, -0.05) is 13.8 Å². The standard InChI is InChI=1S/C14H21N3O/c1-4-11-8-12(5-2)17(16-11)13(9-15)14-7-6-10(3)18-14/h6-8,13H,4-5,9,15H2,1-3H3. The van der Waals surface area contributed by atoms with E-state index in [4.69, 9.17) is 10.2 Å². The topological polar surface area (TPSA) is 57.0 Å². The second kappa shape index (κ2) is 5.40. The highest BCUT2D eigenvalue weighted by atomic mass is 16.3. The van der Waals surface area contributed by atoms with Gasteiger partial charge < -0.3 is 10.2 Å². The van der Waals surface area contributed by atoms with Crippen LogP contribution in [0, 0.1) is 6.92 Å². The minimum Gasteiger partial charge on any atom is -0.464 e. The Morgan fingerprint density at radius 3 is 2.61 bits per heavy atom. The Kier molecular flexibility index (Phi) is 3.87. The molecule has 2 aromatic heterocycles. The molecule has 0 fully saturated rings. The van der Waals surface area contributed by atoms with Gasteiger partial charge in [0.2, 0.25) is 0 Å². The lowest BCUT2D eigenvalue weighted by molar-refractivity contribution is 0.391. The molecule has 4 nitrogen and oxygen atoms in total. The van der Waals surface area contributed by atoms with Gasteiger partial charge in [0.1, 0.15) is 17.6 Å². The lowest BCUT2D eigenvalue weighted by atomic mass is 10.2. The van der Waals surface area contributed by atoms with E-state index in [0.29, 0.717) is 6.54 Å². The maximum atomic E-state index is 5.90. The second-order valence-electron chi connectivity index (χ2n) is 4.48. The Labute approximate surface area is 108 Å². The van der Waals surface area contributed by atoms with Gasteiger partial charge in [-0.2, -0.15) is 5.10 Å². The molecule has 0 radical (unpaired) electrons. The number of aryl methyl sites for hydroxylation is 3. The average molecular weight is 247 g/mol. The van der Waals surface area contributed by atoms with Crippen LogP contribution in [0.3, 0.4) is 0 Å². The molecule has 1 atom stereocenters.